The van der Waals surface area contributed by atoms with E-state index in [0.717, 1.165) is 9.61 Å². The van der Waals surface area contributed by atoms with Crippen LogP contribution >= 0.6 is 34.9 Å². The summed E-state index contributed by atoms with van der Waals surface area (Å²) in [7, 11) is 0. The Balaban J connectivity index is 1.43. The minimum Gasteiger partial charge on any atom is -0.477 e. The molecule has 0 unspecified atom stereocenters. The maximum Gasteiger partial charge on any atom is 0.381 e. The SMILES string of the molecule is CCOn1ccc(SCC2=C(C(=O)O)N3C(=O)[C@@H](NC(=O)Cc4cccs4)[C@@H]3SC2)nc1=O. The molecule has 33 heavy (non-hydrogen) atoms. The summed E-state index contributed by atoms with van der Waals surface area (Å²) in [5.41, 5.74) is -0.0738. The fraction of sp³-hybridized carbons (Fsp3) is 0.350. The summed E-state index contributed by atoms with van der Waals surface area (Å²) >= 11 is 4.07. The van der Waals surface area contributed by atoms with Crippen LogP contribution in [0.2, 0.25) is 0 Å². The number of hydrogen-bond donors (Lipinski definition) is 2. The molecule has 2 aromatic rings. The molecule has 13 heteroatoms. The van der Waals surface area contributed by atoms with Gasteiger partial charge in [-0.1, -0.05) is 6.07 Å². The topological polar surface area (TPSA) is 131 Å². The number of hydrogen-bond acceptors (Lipinski definition) is 9. The molecular formula is C20H20N4O6S3. The predicted molar refractivity (Wildman–Crippen MR) is 124 cm³/mol. The molecule has 0 saturated carbocycles. The highest BCUT2D eigenvalue weighted by molar-refractivity contribution is 8.01. The lowest BCUT2D eigenvalue weighted by Crippen LogP contribution is -2.70. The van der Waals surface area contributed by atoms with Crippen LogP contribution in [-0.2, 0) is 20.8 Å². The predicted octanol–water partition coefficient (Wildman–Crippen LogP) is 0.827. The normalized spacial score (nSPS) is 19.7. The Morgan fingerprint density at radius 1 is 1.36 bits per heavy atom. The lowest BCUT2D eigenvalue weighted by atomic mass is 10.0. The molecule has 0 aromatic carbocycles. The van der Waals surface area contributed by atoms with E-state index in [0.29, 0.717) is 23.0 Å². The van der Waals surface area contributed by atoms with E-state index < -0.39 is 29.0 Å². The van der Waals surface area contributed by atoms with Gasteiger partial charge in [-0.15, -0.1) is 39.6 Å². The molecule has 2 aliphatic heterocycles. The van der Waals surface area contributed by atoms with Gasteiger partial charge in [0, 0.05) is 16.4 Å². The first-order chi connectivity index (χ1) is 15.9. The number of aromatic nitrogens is 2. The van der Waals surface area contributed by atoms with Crippen LogP contribution in [0.15, 0.2) is 50.9 Å². The molecule has 0 spiro atoms. The van der Waals surface area contributed by atoms with Crippen LogP contribution in [0.4, 0.5) is 0 Å². The van der Waals surface area contributed by atoms with Gasteiger partial charge >= 0.3 is 11.7 Å². The summed E-state index contributed by atoms with van der Waals surface area (Å²) in [5, 5.41) is 14.4. The monoisotopic (exact) mass is 508 g/mol. The van der Waals surface area contributed by atoms with E-state index in [2.05, 4.69) is 10.3 Å². The van der Waals surface area contributed by atoms with Crippen molar-refractivity contribution in [3.63, 3.8) is 0 Å². The number of carbonyl (C=O) groups is 3. The zero-order valence-electron chi connectivity index (χ0n) is 17.4. The summed E-state index contributed by atoms with van der Waals surface area (Å²) < 4.78 is 1.03. The Morgan fingerprint density at radius 2 is 2.18 bits per heavy atom. The van der Waals surface area contributed by atoms with Crippen molar-refractivity contribution in [2.75, 3.05) is 18.1 Å². The number of amides is 2. The molecule has 10 nitrogen and oxygen atoms in total. The number of fused-ring (bicyclic) bond motifs is 1. The van der Waals surface area contributed by atoms with Crippen molar-refractivity contribution in [1.29, 1.82) is 0 Å². The largest absolute Gasteiger partial charge is 0.477 e. The molecule has 4 heterocycles. The first-order valence-electron chi connectivity index (χ1n) is 9.96. The Morgan fingerprint density at radius 3 is 2.85 bits per heavy atom. The van der Waals surface area contributed by atoms with Gasteiger partial charge < -0.3 is 15.3 Å². The standard InChI is InChI=1S/C20H20N4O6S3/c1-2-30-23-6-5-14(22-20(23)29)32-9-11-10-33-18-15(17(26)24(18)16(11)19(27)28)21-13(25)8-12-4-3-7-31-12/h3-7,15,18H,2,8-10H2,1H3,(H,21,25)(H,27,28)/t15-,18+/m1/s1. The molecule has 1 fully saturated rings. The molecule has 2 aliphatic rings. The average molecular weight is 509 g/mol. The van der Waals surface area contributed by atoms with Crippen LogP contribution in [0.3, 0.4) is 0 Å². The smallest absolute Gasteiger partial charge is 0.381 e. The zero-order valence-corrected chi connectivity index (χ0v) is 19.9. The summed E-state index contributed by atoms with van der Waals surface area (Å²) in [6.07, 6.45) is 1.64. The van der Waals surface area contributed by atoms with Crippen LogP contribution < -0.4 is 15.8 Å². The number of carboxylic acid groups (broad SMARTS) is 1. The van der Waals surface area contributed by atoms with Crippen molar-refractivity contribution in [1.82, 2.24) is 19.9 Å². The van der Waals surface area contributed by atoms with Crippen LogP contribution in [0.1, 0.15) is 11.8 Å². The van der Waals surface area contributed by atoms with Crippen molar-refractivity contribution in [3.8, 4) is 0 Å². The quantitative estimate of drug-likeness (QED) is 0.287. The molecule has 2 N–H and O–H groups in total. The van der Waals surface area contributed by atoms with E-state index in [-0.39, 0.29) is 23.8 Å². The molecule has 2 atom stereocenters. The number of thiophene rings is 1. The molecular weight excluding hydrogens is 488 g/mol. The van der Waals surface area contributed by atoms with Crippen molar-refractivity contribution in [2.24, 2.45) is 0 Å². The number of nitrogens with zero attached hydrogens (tertiary/aromatic N) is 3. The molecule has 1 saturated heterocycles. The summed E-state index contributed by atoms with van der Waals surface area (Å²) in [4.78, 5) is 60.1. The second-order valence-electron chi connectivity index (χ2n) is 7.05. The van der Waals surface area contributed by atoms with E-state index in [9.17, 15) is 24.3 Å². The molecule has 174 valence electrons. The summed E-state index contributed by atoms with van der Waals surface area (Å²) in [5.74, 6) is -1.27. The van der Waals surface area contributed by atoms with Gasteiger partial charge in [-0.3, -0.25) is 14.5 Å². The van der Waals surface area contributed by atoms with E-state index in [4.69, 9.17) is 4.84 Å². The van der Waals surface area contributed by atoms with Crippen LogP contribution in [0.25, 0.3) is 0 Å². The van der Waals surface area contributed by atoms with Gasteiger partial charge in [-0.25, -0.2) is 9.59 Å². The maximum atomic E-state index is 12.7. The van der Waals surface area contributed by atoms with Gasteiger partial charge in [-0.05, 0) is 30.0 Å². The minimum absolute atomic E-state index is 0.0670. The highest BCUT2D eigenvalue weighted by Crippen LogP contribution is 2.41. The van der Waals surface area contributed by atoms with Gasteiger partial charge in [0.15, 0.2) is 0 Å². The second-order valence-corrected chi connectivity index (χ2v) is 10.2. The first-order valence-corrected chi connectivity index (χ1v) is 12.9. The number of β-lactam (4-membered cyclic amide) rings is 1. The van der Waals surface area contributed by atoms with Crippen LogP contribution in [0.5, 0.6) is 0 Å². The maximum absolute atomic E-state index is 12.7. The number of thioether (sulfide) groups is 2. The van der Waals surface area contributed by atoms with E-state index >= 15 is 0 Å². The third kappa shape index (κ3) is 4.94. The molecule has 2 amide bonds. The number of carbonyl (C=O) groups excluding carboxylic acids is 2. The fourth-order valence-electron chi connectivity index (χ4n) is 3.45. The number of rotatable bonds is 9. The van der Waals surface area contributed by atoms with E-state index in [1.807, 2.05) is 17.5 Å². The van der Waals surface area contributed by atoms with Gasteiger partial charge in [0.2, 0.25) is 5.91 Å². The van der Waals surface area contributed by atoms with Crippen molar-refractivity contribution < 1.29 is 24.3 Å². The summed E-state index contributed by atoms with van der Waals surface area (Å²) in [6.45, 7) is 2.07. The number of carboxylic acids is 1. The highest BCUT2D eigenvalue weighted by Gasteiger charge is 2.54. The fourth-order valence-corrected chi connectivity index (χ4v) is 6.48. The van der Waals surface area contributed by atoms with Gasteiger partial charge in [0.1, 0.15) is 28.7 Å². The van der Waals surface area contributed by atoms with E-state index in [1.54, 1.807) is 13.0 Å². The summed E-state index contributed by atoms with van der Waals surface area (Å²) in [6, 6.07) is 4.55. The average Bonchev–Trinajstić information content (AvgIpc) is 3.30. The molecule has 0 radical (unpaired) electrons. The van der Waals surface area contributed by atoms with Crippen molar-refractivity contribution in [2.45, 2.75) is 29.8 Å². The lowest BCUT2D eigenvalue weighted by Gasteiger charge is -2.49. The van der Waals surface area contributed by atoms with Crippen LogP contribution in [-0.4, -0.2) is 67.0 Å². The lowest BCUT2D eigenvalue weighted by molar-refractivity contribution is -0.150. The Kier molecular flexibility index (Phi) is 7.10. The zero-order chi connectivity index (χ0) is 23.5. The van der Waals surface area contributed by atoms with Crippen LogP contribution in [0, 0.1) is 0 Å². The van der Waals surface area contributed by atoms with Gasteiger partial charge in [-0.2, -0.15) is 4.98 Å². The highest BCUT2D eigenvalue weighted by atomic mass is 32.2. The second kappa shape index (κ2) is 10.0. The minimum atomic E-state index is -1.20. The molecule has 0 aliphatic carbocycles. The van der Waals surface area contributed by atoms with Crippen molar-refractivity contribution >= 4 is 52.6 Å². The Bertz CT molecular complexity index is 1160. The first kappa shape index (κ1) is 23.4. The third-order valence-electron chi connectivity index (χ3n) is 4.89. The van der Waals surface area contributed by atoms with Gasteiger partial charge in [0.05, 0.1) is 12.6 Å². The number of nitrogens with one attached hydrogen (secondary N) is 1. The van der Waals surface area contributed by atoms with E-state index in [1.165, 1.54) is 46.0 Å². The molecule has 2 aromatic heterocycles. The Hall–Kier alpha value is -2.77. The van der Waals surface area contributed by atoms with Crippen molar-refractivity contribution in [3.05, 3.63) is 56.4 Å². The molecule has 4 rings (SSSR count). The third-order valence-corrected chi connectivity index (χ3v) is 8.12. The Labute approximate surface area is 201 Å². The van der Waals surface area contributed by atoms with Gasteiger partial charge in [0.25, 0.3) is 5.91 Å². The number of aliphatic carboxylic acids is 1. The molecule has 0 bridgehead atoms.